The van der Waals surface area contributed by atoms with Crippen LogP contribution in [0.3, 0.4) is 0 Å². The molecule has 0 fully saturated rings. The number of fused-ring (bicyclic) bond motifs is 3. The minimum Gasteiger partial charge on any atom is -0.309 e. The van der Waals surface area contributed by atoms with E-state index in [1.807, 2.05) is 0 Å². The van der Waals surface area contributed by atoms with Gasteiger partial charge in [-0.25, -0.2) is 0 Å². The van der Waals surface area contributed by atoms with E-state index in [1.165, 1.54) is 44.2 Å². The van der Waals surface area contributed by atoms with Gasteiger partial charge in [-0.05, 0) is 52.4 Å². The second-order valence-electron chi connectivity index (χ2n) is 8.75. The van der Waals surface area contributed by atoms with Gasteiger partial charge in [0.2, 0.25) is 0 Å². The van der Waals surface area contributed by atoms with Gasteiger partial charge in [0, 0.05) is 16.5 Å². The zero-order valence-electron chi connectivity index (χ0n) is 17.2. The van der Waals surface area contributed by atoms with E-state index in [0.29, 0.717) is 0 Å². The van der Waals surface area contributed by atoms with Crippen molar-refractivity contribution >= 4 is 21.8 Å². The van der Waals surface area contributed by atoms with E-state index in [2.05, 4.69) is 122 Å². The number of hydrogen-bond donors (Lipinski definition) is 0. The third-order valence-corrected chi connectivity index (χ3v) is 5.75. The standard InChI is InChI=1S/C28H25N/c1-28(2,3)22-16-17-27-25(19-22)24-14-7-8-15-26(24)29(27)23-13-9-12-21(18-23)20-10-5-4-6-11-20/h4-19H,1-3H3. The maximum Gasteiger partial charge on any atom is 0.0541 e. The van der Waals surface area contributed by atoms with Crippen LogP contribution in [0.5, 0.6) is 0 Å². The Bertz CT molecular complexity index is 1320. The summed E-state index contributed by atoms with van der Waals surface area (Å²) in [7, 11) is 0. The maximum atomic E-state index is 2.39. The first-order chi connectivity index (χ1) is 14.0. The lowest BCUT2D eigenvalue weighted by Crippen LogP contribution is -2.10. The molecule has 1 heteroatoms. The lowest BCUT2D eigenvalue weighted by atomic mass is 9.86. The van der Waals surface area contributed by atoms with Crippen LogP contribution in [0.25, 0.3) is 38.6 Å². The smallest absolute Gasteiger partial charge is 0.0541 e. The molecular weight excluding hydrogens is 350 g/mol. The van der Waals surface area contributed by atoms with Crippen LogP contribution in [0.4, 0.5) is 0 Å². The van der Waals surface area contributed by atoms with Crippen LogP contribution in [0.2, 0.25) is 0 Å². The minimum atomic E-state index is 0.130. The van der Waals surface area contributed by atoms with E-state index in [4.69, 9.17) is 0 Å². The second kappa shape index (κ2) is 6.63. The van der Waals surface area contributed by atoms with Gasteiger partial charge in [-0.2, -0.15) is 0 Å². The minimum absolute atomic E-state index is 0.130. The molecule has 0 aliphatic carbocycles. The molecule has 0 spiro atoms. The molecule has 142 valence electrons. The van der Waals surface area contributed by atoms with E-state index in [-0.39, 0.29) is 5.41 Å². The van der Waals surface area contributed by atoms with Gasteiger partial charge in [-0.15, -0.1) is 0 Å². The molecule has 0 unspecified atom stereocenters. The summed E-state index contributed by atoms with van der Waals surface area (Å²) < 4.78 is 2.39. The molecule has 0 aliphatic rings. The number of hydrogen-bond acceptors (Lipinski definition) is 0. The molecule has 0 aliphatic heterocycles. The average Bonchev–Trinajstić information content (AvgIpc) is 3.08. The van der Waals surface area contributed by atoms with Gasteiger partial charge in [-0.3, -0.25) is 0 Å². The molecule has 0 saturated carbocycles. The van der Waals surface area contributed by atoms with Crippen LogP contribution >= 0.6 is 0 Å². The van der Waals surface area contributed by atoms with E-state index >= 15 is 0 Å². The highest BCUT2D eigenvalue weighted by atomic mass is 15.0. The van der Waals surface area contributed by atoms with Crippen molar-refractivity contribution in [3.05, 3.63) is 103 Å². The van der Waals surface area contributed by atoms with Gasteiger partial charge in [-0.1, -0.05) is 87.5 Å². The molecule has 0 saturated heterocycles. The summed E-state index contributed by atoms with van der Waals surface area (Å²) in [4.78, 5) is 0. The summed E-state index contributed by atoms with van der Waals surface area (Å²) >= 11 is 0. The van der Waals surface area contributed by atoms with Crippen molar-refractivity contribution in [3.63, 3.8) is 0 Å². The first-order valence-electron chi connectivity index (χ1n) is 10.2. The fourth-order valence-electron chi connectivity index (χ4n) is 4.17. The Morgan fingerprint density at radius 3 is 2.03 bits per heavy atom. The molecule has 1 heterocycles. The van der Waals surface area contributed by atoms with Gasteiger partial charge in [0.15, 0.2) is 0 Å². The molecule has 5 rings (SSSR count). The average molecular weight is 376 g/mol. The Morgan fingerprint density at radius 1 is 0.552 bits per heavy atom. The van der Waals surface area contributed by atoms with E-state index in [9.17, 15) is 0 Å². The first kappa shape index (κ1) is 17.8. The Morgan fingerprint density at radius 2 is 1.24 bits per heavy atom. The predicted molar refractivity (Wildman–Crippen MR) is 125 cm³/mol. The van der Waals surface area contributed by atoms with Gasteiger partial charge < -0.3 is 4.57 Å². The fourth-order valence-corrected chi connectivity index (χ4v) is 4.17. The number of benzene rings is 4. The number of aromatic nitrogens is 1. The summed E-state index contributed by atoms with van der Waals surface area (Å²) in [6, 6.07) is 35.1. The predicted octanol–water partition coefficient (Wildman–Crippen LogP) is 7.75. The quantitative estimate of drug-likeness (QED) is 0.297. The Kier molecular flexibility index (Phi) is 4.06. The van der Waals surface area contributed by atoms with Crippen LogP contribution < -0.4 is 0 Å². The van der Waals surface area contributed by atoms with Crippen molar-refractivity contribution in [1.29, 1.82) is 0 Å². The van der Waals surface area contributed by atoms with Crippen molar-refractivity contribution in [3.8, 4) is 16.8 Å². The highest BCUT2D eigenvalue weighted by molar-refractivity contribution is 6.09. The van der Waals surface area contributed by atoms with Crippen LogP contribution in [-0.4, -0.2) is 4.57 Å². The molecule has 0 amide bonds. The SMILES string of the molecule is CC(C)(C)c1ccc2c(c1)c1ccccc1n2-c1cccc(-c2ccccc2)c1. The van der Waals surface area contributed by atoms with Crippen molar-refractivity contribution < 1.29 is 0 Å². The van der Waals surface area contributed by atoms with Gasteiger partial charge >= 0.3 is 0 Å². The zero-order chi connectivity index (χ0) is 20.0. The molecule has 0 atom stereocenters. The number of para-hydroxylation sites is 1. The lowest BCUT2D eigenvalue weighted by Gasteiger charge is -2.19. The Hall–Kier alpha value is -3.32. The fraction of sp³-hybridized carbons (Fsp3) is 0.143. The van der Waals surface area contributed by atoms with Crippen LogP contribution in [0, 0.1) is 0 Å². The Labute approximate surface area is 172 Å². The highest BCUT2D eigenvalue weighted by Gasteiger charge is 2.18. The summed E-state index contributed by atoms with van der Waals surface area (Å²) in [6.07, 6.45) is 0. The van der Waals surface area contributed by atoms with Gasteiger partial charge in [0.25, 0.3) is 0 Å². The molecule has 4 aromatic carbocycles. The largest absolute Gasteiger partial charge is 0.309 e. The molecule has 1 aromatic heterocycles. The van der Waals surface area contributed by atoms with E-state index in [0.717, 1.165) is 0 Å². The van der Waals surface area contributed by atoms with Crippen LogP contribution in [0.1, 0.15) is 26.3 Å². The van der Waals surface area contributed by atoms with Crippen molar-refractivity contribution in [2.75, 3.05) is 0 Å². The monoisotopic (exact) mass is 375 g/mol. The number of rotatable bonds is 2. The molecular formula is C28H25N. The number of nitrogens with zero attached hydrogens (tertiary/aromatic N) is 1. The third-order valence-electron chi connectivity index (χ3n) is 5.75. The first-order valence-corrected chi connectivity index (χ1v) is 10.2. The molecule has 0 radical (unpaired) electrons. The van der Waals surface area contributed by atoms with Crippen LogP contribution in [0.15, 0.2) is 97.1 Å². The van der Waals surface area contributed by atoms with E-state index < -0.39 is 0 Å². The highest BCUT2D eigenvalue weighted by Crippen LogP contribution is 2.35. The van der Waals surface area contributed by atoms with Crippen molar-refractivity contribution in [2.24, 2.45) is 0 Å². The third kappa shape index (κ3) is 3.03. The topological polar surface area (TPSA) is 4.93 Å². The molecule has 0 N–H and O–H groups in total. The maximum absolute atomic E-state index is 2.39. The van der Waals surface area contributed by atoms with Gasteiger partial charge in [0.05, 0.1) is 11.0 Å². The Balaban J connectivity index is 1.79. The zero-order valence-corrected chi connectivity index (χ0v) is 17.2. The summed E-state index contributed by atoms with van der Waals surface area (Å²) in [6.45, 7) is 6.82. The normalized spacial score (nSPS) is 12.0. The summed E-state index contributed by atoms with van der Waals surface area (Å²) in [5, 5.41) is 2.62. The van der Waals surface area contributed by atoms with Crippen molar-refractivity contribution in [2.45, 2.75) is 26.2 Å². The molecule has 1 nitrogen and oxygen atoms in total. The second-order valence-corrected chi connectivity index (χ2v) is 8.75. The summed E-state index contributed by atoms with van der Waals surface area (Å²) in [5.41, 5.74) is 7.67. The van der Waals surface area contributed by atoms with Crippen LogP contribution in [-0.2, 0) is 5.41 Å². The molecule has 5 aromatic rings. The molecule has 0 bridgehead atoms. The summed E-state index contributed by atoms with van der Waals surface area (Å²) in [5.74, 6) is 0. The van der Waals surface area contributed by atoms with Gasteiger partial charge in [0.1, 0.15) is 0 Å². The molecule has 29 heavy (non-hydrogen) atoms. The lowest BCUT2D eigenvalue weighted by molar-refractivity contribution is 0.591. The van der Waals surface area contributed by atoms with E-state index in [1.54, 1.807) is 0 Å². The van der Waals surface area contributed by atoms with Crippen molar-refractivity contribution in [1.82, 2.24) is 4.57 Å².